The molecule has 1 atom stereocenters. The molecule has 0 aliphatic carbocycles. The van der Waals surface area contributed by atoms with E-state index in [1.807, 2.05) is 0 Å². The van der Waals surface area contributed by atoms with E-state index >= 15 is 0 Å². The summed E-state index contributed by atoms with van der Waals surface area (Å²) in [6, 6.07) is 0.0477. The molecule has 3 fully saturated rings. The molecule has 24 heavy (non-hydrogen) atoms. The van der Waals surface area contributed by atoms with Gasteiger partial charge in [0.15, 0.2) is 0 Å². The van der Waals surface area contributed by atoms with Gasteiger partial charge in [-0.1, -0.05) is 0 Å². The van der Waals surface area contributed by atoms with Gasteiger partial charge in [0.05, 0.1) is 38.2 Å². The summed E-state index contributed by atoms with van der Waals surface area (Å²) >= 11 is 0. The molecule has 3 saturated heterocycles. The second-order valence-electron chi connectivity index (χ2n) is 6.58. The van der Waals surface area contributed by atoms with Crippen LogP contribution >= 0.6 is 0 Å². The van der Waals surface area contributed by atoms with Crippen LogP contribution in [0.3, 0.4) is 0 Å². The molecule has 0 radical (unpaired) electrons. The molecule has 0 aromatic rings. The van der Waals surface area contributed by atoms with Gasteiger partial charge < -0.3 is 24.2 Å². The maximum atomic E-state index is 12.5. The maximum Gasteiger partial charge on any atom is 0.228 e. The Balaban J connectivity index is 1.47. The summed E-state index contributed by atoms with van der Waals surface area (Å²) in [7, 11) is 1.57. The molecule has 0 saturated carbocycles. The van der Waals surface area contributed by atoms with Gasteiger partial charge in [0.25, 0.3) is 0 Å². The Labute approximate surface area is 141 Å². The average Bonchev–Trinajstić information content (AvgIpc) is 2.93. The highest BCUT2D eigenvalue weighted by Gasteiger charge is 2.44. The predicted molar refractivity (Wildman–Crippen MR) is 84.1 cm³/mol. The van der Waals surface area contributed by atoms with E-state index in [9.17, 15) is 14.4 Å². The second-order valence-corrected chi connectivity index (χ2v) is 6.58. The van der Waals surface area contributed by atoms with E-state index in [4.69, 9.17) is 9.47 Å². The third-order valence-electron chi connectivity index (χ3n) is 5.01. The first-order valence-electron chi connectivity index (χ1n) is 8.53. The Bertz CT molecular complexity index is 500. The fourth-order valence-corrected chi connectivity index (χ4v) is 3.50. The fourth-order valence-electron chi connectivity index (χ4n) is 3.50. The number of carbonyl (C=O) groups is 3. The largest absolute Gasteiger partial charge is 0.384 e. The molecular formula is C16H25N3O5. The predicted octanol–water partition coefficient (Wildman–Crippen LogP) is -1.06. The van der Waals surface area contributed by atoms with E-state index < -0.39 is 0 Å². The molecule has 8 nitrogen and oxygen atoms in total. The number of hydrogen-bond donors (Lipinski definition) is 0. The van der Waals surface area contributed by atoms with Crippen molar-refractivity contribution in [2.75, 3.05) is 59.7 Å². The SMILES string of the molecule is COCCC(=O)N1CC(N2CC(C(=O)N3CCOCC3)CC2=O)C1. The summed E-state index contributed by atoms with van der Waals surface area (Å²) in [5.74, 6) is -0.119. The Morgan fingerprint density at radius 1 is 1.17 bits per heavy atom. The topological polar surface area (TPSA) is 79.4 Å². The molecule has 0 N–H and O–H groups in total. The van der Waals surface area contributed by atoms with Crippen molar-refractivity contribution < 1.29 is 23.9 Å². The van der Waals surface area contributed by atoms with Crippen LogP contribution in [0.4, 0.5) is 0 Å². The number of nitrogens with zero attached hydrogens (tertiary/aromatic N) is 3. The zero-order valence-corrected chi connectivity index (χ0v) is 14.1. The molecule has 0 aromatic heterocycles. The first-order valence-corrected chi connectivity index (χ1v) is 8.53. The first kappa shape index (κ1) is 17.2. The lowest BCUT2D eigenvalue weighted by Crippen LogP contribution is -2.61. The van der Waals surface area contributed by atoms with E-state index in [0.29, 0.717) is 59.0 Å². The number of rotatable bonds is 5. The number of methoxy groups -OCH3 is 1. The van der Waals surface area contributed by atoms with Gasteiger partial charge >= 0.3 is 0 Å². The van der Waals surface area contributed by atoms with E-state index in [2.05, 4.69) is 0 Å². The number of morpholine rings is 1. The third-order valence-corrected chi connectivity index (χ3v) is 5.01. The van der Waals surface area contributed by atoms with E-state index in [-0.39, 0.29) is 36.1 Å². The Morgan fingerprint density at radius 3 is 2.54 bits per heavy atom. The molecule has 0 bridgehead atoms. The van der Waals surface area contributed by atoms with Gasteiger partial charge in [-0.25, -0.2) is 0 Å². The normalized spacial score (nSPS) is 25.1. The van der Waals surface area contributed by atoms with Gasteiger partial charge in [0.2, 0.25) is 17.7 Å². The zero-order chi connectivity index (χ0) is 17.1. The lowest BCUT2D eigenvalue weighted by atomic mass is 10.1. The van der Waals surface area contributed by atoms with Gasteiger partial charge in [-0.3, -0.25) is 14.4 Å². The van der Waals surface area contributed by atoms with Crippen molar-refractivity contribution >= 4 is 17.7 Å². The number of hydrogen-bond acceptors (Lipinski definition) is 5. The molecule has 0 aromatic carbocycles. The Hall–Kier alpha value is -1.67. The summed E-state index contributed by atoms with van der Waals surface area (Å²) in [4.78, 5) is 42.0. The molecule has 0 spiro atoms. The summed E-state index contributed by atoms with van der Waals surface area (Å²) in [5, 5.41) is 0. The molecule has 3 amide bonds. The minimum absolute atomic E-state index is 0.0237. The molecule has 134 valence electrons. The van der Waals surface area contributed by atoms with Crippen molar-refractivity contribution in [1.82, 2.24) is 14.7 Å². The van der Waals surface area contributed by atoms with E-state index in [1.54, 1.807) is 21.8 Å². The van der Waals surface area contributed by atoms with E-state index in [0.717, 1.165) is 0 Å². The minimum atomic E-state index is -0.256. The smallest absolute Gasteiger partial charge is 0.228 e. The number of amides is 3. The summed E-state index contributed by atoms with van der Waals surface area (Å²) in [5.41, 5.74) is 0. The number of carbonyl (C=O) groups excluding carboxylic acids is 3. The quantitative estimate of drug-likeness (QED) is 0.638. The van der Waals surface area contributed by atoms with Crippen molar-refractivity contribution in [2.45, 2.75) is 18.9 Å². The fraction of sp³-hybridized carbons (Fsp3) is 0.812. The van der Waals surface area contributed by atoms with Crippen LogP contribution in [0.25, 0.3) is 0 Å². The molecule has 3 aliphatic rings. The lowest BCUT2D eigenvalue weighted by Gasteiger charge is -2.44. The molecular weight excluding hydrogens is 314 g/mol. The van der Waals surface area contributed by atoms with Gasteiger partial charge in [-0.05, 0) is 0 Å². The summed E-state index contributed by atoms with van der Waals surface area (Å²) in [6.45, 7) is 4.36. The molecule has 3 heterocycles. The number of ether oxygens (including phenoxy) is 2. The highest BCUT2D eigenvalue weighted by Crippen LogP contribution is 2.26. The first-order chi connectivity index (χ1) is 11.6. The van der Waals surface area contributed by atoms with Crippen molar-refractivity contribution in [3.8, 4) is 0 Å². The van der Waals surface area contributed by atoms with Crippen LogP contribution in [0.1, 0.15) is 12.8 Å². The highest BCUT2D eigenvalue weighted by atomic mass is 16.5. The van der Waals surface area contributed by atoms with Crippen LogP contribution in [0.2, 0.25) is 0 Å². The Morgan fingerprint density at radius 2 is 1.88 bits per heavy atom. The van der Waals surface area contributed by atoms with Gasteiger partial charge in [0.1, 0.15) is 0 Å². The van der Waals surface area contributed by atoms with Crippen LogP contribution in [-0.4, -0.2) is 98.1 Å². The zero-order valence-electron chi connectivity index (χ0n) is 14.1. The van der Waals surface area contributed by atoms with Crippen molar-refractivity contribution in [1.29, 1.82) is 0 Å². The lowest BCUT2D eigenvalue weighted by molar-refractivity contribution is -0.145. The molecule has 8 heteroatoms. The third kappa shape index (κ3) is 3.54. The van der Waals surface area contributed by atoms with Crippen LogP contribution in [0, 0.1) is 5.92 Å². The second kappa shape index (κ2) is 7.48. The number of likely N-dealkylation sites (tertiary alicyclic amines) is 2. The van der Waals surface area contributed by atoms with Gasteiger partial charge in [-0.2, -0.15) is 0 Å². The highest BCUT2D eigenvalue weighted by molar-refractivity contribution is 5.89. The maximum absolute atomic E-state index is 12.5. The van der Waals surface area contributed by atoms with Crippen LogP contribution in [-0.2, 0) is 23.9 Å². The van der Waals surface area contributed by atoms with Gasteiger partial charge in [-0.15, -0.1) is 0 Å². The van der Waals surface area contributed by atoms with Crippen LogP contribution in [0.15, 0.2) is 0 Å². The molecule has 1 unspecified atom stereocenters. The van der Waals surface area contributed by atoms with Crippen molar-refractivity contribution in [3.63, 3.8) is 0 Å². The Kier molecular flexibility index (Phi) is 5.35. The average molecular weight is 339 g/mol. The van der Waals surface area contributed by atoms with Crippen LogP contribution in [0.5, 0.6) is 0 Å². The van der Waals surface area contributed by atoms with Crippen molar-refractivity contribution in [3.05, 3.63) is 0 Å². The van der Waals surface area contributed by atoms with Crippen molar-refractivity contribution in [2.24, 2.45) is 5.92 Å². The monoisotopic (exact) mass is 339 g/mol. The van der Waals surface area contributed by atoms with Gasteiger partial charge in [0, 0.05) is 46.3 Å². The molecule has 3 rings (SSSR count). The standard InChI is InChI=1S/C16H25N3O5/c1-23-5-2-14(20)18-10-13(11-18)19-9-12(8-15(19)21)16(22)17-3-6-24-7-4-17/h12-13H,2-11H2,1H3. The summed E-state index contributed by atoms with van der Waals surface area (Å²) in [6.07, 6.45) is 0.652. The molecule has 3 aliphatic heterocycles. The van der Waals surface area contributed by atoms with Crippen LogP contribution < -0.4 is 0 Å². The van der Waals surface area contributed by atoms with E-state index in [1.165, 1.54) is 0 Å². The summed E-state index contributed by atoms with van der Waals surface area (Å²) < 4.78 is 10.2. The minimum Gasteiger partial charge on any atom is -0.384 e.